The number of ether oxygens (including phenoxy) is 1. The second-order valence-corrected chi connectivity index (χ2v) is 5.47. The monoisotopic (exact) mass is 246 g/mol. The van der Waals surface area contributed by atoms with Gasteiger partial charge in [0.05, 0.1) is 12.7 Å². The fourth-order valence-corrected chi connectivity index (χ4v) is 2.76. The molecule has 0 radical (unpaired) electrons. The zero-order valence-electron chi connectivity index (χ0n) is 11.3. The lowest BCUT2D eigenvalue weighted by molar-refractivity contribution is -0.129. The number of hydrogen-bond donors (Lipinski definition) is 0. The average Bonchev–Trinajstić information content (AvgIpc) is 2.37. The molecule has 3 atom stereocenters. The highest BCUT2D eigenvalue weighted by Crippen LogP contribution is 2.32. The molecule has 2 heteroatoms. The lowest BCUT2D eigenvalue weighted by Gasteiger charge is -2.33. The predicted molar refractivity (Wildman–Crippen MR) is 72.2 cm³/mol. The first-order chi connectivity index (χ1) is 8.66. The minimum absolute atomic E-state index is 0.102. The smallest absolute Gasteiger partial charge is 0.135 e. The van der Waals surface area contributed by atoms with Crippen molar-refractivity contribution in [1.29, 1.82) is 0 Å². The Morgan fingerprint density at radius 3 is 2.67 bits per heavy atom. The van der Waals surface area contributed by atoms with Crippen LogP contribution in [-0.2, 0) is 16.1 Å². The second kappa shape index (κ2) is 6.14. The van der Waals surface area contributed by atoms with E-state index in [1.165, 1.54) is 5.56 Å². The van der Waals surface area contributed by atoms with Crippen molar-refractivity contribution in [3.05, 3.63) is 35.9 Å². The van der Waals surface area contributed by atoms with Gasteiger partial charge in [-0.25, -0.2) is 0 Å². The van der Waals surface area contributed by atoms with Gasteiger partial charge in [-0.3, -0.25) is 4.79 Å². The van der Waals surface area contributed by atoms with Crippen molar-refractivity contribution in [2.75, 3.05) is 0 Å². The van der Waals surface area contributed by atoms with E-state index in [1.807, 2.05) is 18.2 Å². The zero-order chi connectivity index (χ0) is 13.0. The third-order valence-corrected chi connectivity index (χ3v) is 3.88. The standard InChI is InChI=1S/C16H22O2/c1-12-8-9-15(13(2)17)16(10-12)18-11-14-6-4-3-5-7-14/h3-7,12,15-16H,8-11H2,1-2H3/t12-,15-,16-/m1/s1. The van der Waals surface area contributed by atoms with Crippen LogP contribution >= 0.6 is 0 Å². The van der Waals surface area contributed by atoms with Crippen molar-refractivity contribution in [1.82, 2.24) is 0 Å². The lowest BCUT2D eigenvalue weighted by atomic mass is 9.79. The molecule has 1 fully saturated rings. The molecule has 1 saturated carbocycles. The molecule has 2 nitrogen and oxygen atoms in total. The SMILES string of the molecule is CC(=O)[C@H]1CC[C@@H](C)C[C@H]1OCc1ccccc1. The summed E-state index contributed by atoms with van der Waals surface area (Å²) < 4.78 is 5.99. The first kappa shape index (κ1) is 13.3. The van der Waals surface area contributed by atoms with Crippen molar-refractivity contribution in [2.24, 2.45) is 11.8 Å². The first-order valence-electron chi connectivity index (χ1n) is 6.83. The highest BCUT2D eigenvalue weighted by Gasteiger charge is 2.32. The Hall–Kier alpha value is -1.15. The highest BCUT2D eigenvalue weighted by molar-refractivity contribution is 5.79. The van der Waals surface area contributed by atoms with E-state index in [1.54, 1.807) is 6.92 Å². The third kappa shape index (κ3) is 3.42. The van der Waals surface area contributed by atoms with Gasteiger partial charge in [0, 0.05) is 5.92 Å². The molecule has 2 rings (SSSR count). The van der Waals surface area contributed by atoms with Gasteiger partial charge in [-0.2, -0.15) is 0 Å². The Balaban J connectivity index is 1.94. The van der Waals surface area contributed by atoms with Crippen LogP contribution in [0.15, 0.2) is 30.3 Å². The fourth-order valence-electron chi connectivity index (χ4n) is 2.76. The van der Waals surface area contributed by atoms with Gasteiger partial charge in [-0.05, 0) is 37.7 Å². The molecule has 0 amide bonds. The van der Waals surface area contributed by atoms with Crippen LogP contribution in [0.1, 0.15) is 38.7 Å². The third-order valence-electron chi connectivity index (χ3n) is 3.88. The number of carbonyl (C=O) groups is 1. The molecule has 18 heavy (non-hydrogen) atoms. The Morgan fingerprint density at radius 1 is 1.28 bits per heavy atom. The second-order valence-electron chi connectivity index (χ2n) is 5.47. The van der Waals surface area contributed by atoms with Crippen LogP contribution in [-0.4, -0.2) is 11.9 Å². The summed E-state index contributed by atoms with van der Waals surface area (Å²) in [4.78, 5) is 11.6. The first-order valence-corrected chi connectivity index (χ1v) is 6.83. The molecule has 0 aromatic heterocycles. The molecule has 1 aliphatic rings. The largest absolute Gasteiger partial charge is 0.373 e. The van der Waals surface area contributed by atoms with Crippen molar-refractivity contribution in [3.8, 4) is 0 Å². The number of ketones is 1. The Bertz CT molecular complexity index is 385. The summed E-state index contributed by atoms with van der Waals surface area (Å²) in [5, 5.41) is 0. The summed E-state index contributed by atoms with van der Waals surface area (Å²) in [5.74, 6) is 1.05. The lowest BCUT2D eigenvalue weighted by Crippen LogP contribution is -2.35. The highest BCUT2D eigenvalue weighted by atomic mass is 16.5. The van der Waals surface area contributed by atoms with E-state index in [2.05, 4.69) is 19.1 Å². The maximum absolute atomic E-state index is 11.6. The summed E-state index contributed by atoms with van der Waals surface area (Å²) >= 11 is 0. The van der Waals surface area contributed by atoms with E-state index in [0.717, 1.165) is 19.3 Å². The molecule has 0 aliphatic heterocycles. The van der Waals surface area contributed by atoms with Gasteiger partial charge in [0.1, 0.15) is 5.78 Å². The molecule has 0 bridgehead atoms. The van der Waals surface area contributed by atoms with Crippen LogP contribution in [0.5, 0.6) is 0 Å². The quantitative estimate of drug-likeness (QED) is 0.811. The molecule has 98 valence electrons. The van der Waals surface area contributed by atoms with Crippen LogP contribution < -0.4 is 0 Å². The Kier molecular flexibility index (Phi) is 4.54. The van der Waals surface area contributed by atoms with Gasteiger partial charge in [0.25, 0.3) is 0 Å². The van der Waals surface area contributed by atoms with E-state index in [0.29, 0.717) is 12.5 Å². The molecule has 0 unspecified atom stereocenters. The summed E-state index contributed by atoms with van der Waals surface area (Å²) in [7, 11) is 0. The number of benzene rings is 1. The van der Waals surface area contributed by atoms with E-state index in [4.69, 9.17) is 4.74 Å². The average molecular weight is 246 g/mol. The maximum Gasteiger partial charge on any atom is 0.135 e. The van der Waals surface area contributed by atoms with Crippen molar-refractivity contribution >= 4 is 5.78 Å². The minimum Gasteiger partial charge on any atom is -0.373 e. The summed E-state index contributed by atoms with van der Waals surface area (Å²) in [6.07, 6.45) is 3.24. The number of hydrogen-bond acceptors (Lipinski definition) is 2. The molecule has 0 spiro atoms. The Labute approximate surface area is 109 Å². The molecule has 1 aromatic carbocycles. The summed E-state index contributed by atoms with van der Waals surface area (Å²) in [5.41, 5.74) is 1.18. The van der Waals surface area contributed by atoms with E-state index in [-0.39, 0.29) is 17.8 Å². The minimum atomic E-state index is 0.102. The van der Waals surface area contributed by atoms with Crippen LogP contribution in [0.4, 0.5) is 0 Å². The number of carbonyl (C=O) groups excluding carboxylic acids is 1. The number of Topliss-reactive ketones (excluding diaryl/α,β-unsaturated/α-hetero) is 1. The predicted octanol–water partition coefficient (Wildman–Crippen LogP) is 3.60. The van der Waals surface area contributed by atoms with Gasteiger partial charge in [-0.1, -0.05) is 37.3 Å². The Morgan fingerprint density at radius 2 is 2.00 bits per heavy atom. The van der Waals surface area contributed by atoms with Crippen molar-refractivity contribution in [3.63, 3.8) is 0 Å². The topological polar surface area (TPSA) is 26.3 Å². The van der Waals surface area contributed by atoms with Gasteiger partial charge < -0.3 is 4.74 Å². The molecular weight excluding hydrogens is 224 g/mol. The molecule has 0 heterocycles. The van der Waals surface area contributed by atoms with E-state index < -0.39 is 0 Å². The maximum atomic E-state index is 11.6. The van der Waals surface area contributed by atoms with Crippen molar-refractivity contribution < 1.29 is 9.53 Å². The van der Waals surface area contributed by atoms with E-state index in [9.17, 15) is 4.79 Å². The van der Waals surface area contributed by atoms with Crippen LogP contribution in [0.3, 0.4) is 0 Å². The summed E-state index contributed by atoms with van der Waals surface area (Å²) in [6.45, 7) is 4.55. The van der Waals surface area contributed by atoms with Crippen LogP contribution in [0, 0.1) is 11.8 Å². The van der Waals surface area contributed by atoms with Crippen LogP contribution in [0.25, 0.3) is 0 Å². The molecular formula is C16H22O2. The molecule has 0 saturated heterocycles. The normalized spacial score (nSPS) is 28.0. The van der Waals surface area contributed by atoms with Gasteiger partial charge in [-0.15, -0.1) is 0 Å². The molecule has 1 aromatic rings. The van der Waals surface area contributed by atoms with Crippen LogP contribution in [0.2, 0.25) is 0 Å². The number of rotatable bonds is 4. The zero-order valence-corrected chi connectivity index (χ0v) is 11.3. The summed E-state index contributed by atoms with van der Waals surface area (Å²) in [6, 6.07) is 10.2. The molecule has 1 aliphatic carbocycles. The fraction of sp³-hybridized carbons (Fsp3) is 0.562. The van der Waals surface area contributed by atoms with Gasteiger partial charge in [0.2, 0.25) is 0 Å². The van der Waals surface area contributed by atoms with Gasteiger partial charge in [0.15, 0.2) is 0 Å². The van der Waals surface area contributed by atoms with Gasteiger partial charge >= 0.3 is 0 Å². The van der Waals surface area contributed by atoms with Crippen molar-refractivity contribution in [2.45, 2.75) is 45.8 Å². The molecule has 0 N–H and O–H groups in total. The van der Waals surface area contributed by atoms with E-state index >= 15 is 0 Å².